The van der Waals surface area contributed by atoms with E-state index >= 15 is 0 Å². The van der Waals surface area contributed by atoms with E-state index in [1.54, 1.807) is 6.20 Å². The number of pyridine rings is 1. The van der Waals surface area contributed by atoms with Gasteiger partial charge in [0.25, 0.3) is 0 Å². The molecule has 0 aliphatic carbocycles. The average Bonchev–Trinajstić information content (AvgIpc) is 3.57. The summed E-state index contributed by atoms with van der Waals surface area (Å²) in [5, 5.41) is 9.10. The molecule has 0 saturated heterocycles. The molecule has 10 aromatic rings. The van der Waals surface area contributed by atoms with Crippen LogP contribution in [0.3, 0.4) is 0 Å². The van der Waals surface area contributed by atoms with Crippen LogP contribution < -0.4 is 0 Å². The normalized spacial score (nSPS) is 11.7. The first-order chi connectivity index (χ1) is 24.3. The first-order valence-electron chi connectivity index (χ1n) is 16.3. The number of hydrogen-bond acceptors (Lipinski definition) is 5. The quantitative estimate of drug-likeness (QED) is 0.182. The molecule has 49 heavy (non-hydrogen) atoms. The van der Waals surface area contributed by atoms with E-state index in [-0.39, 0.29) is 0 Å². The largest absolute Gasteiger partial charge is 0.437 e. The number of hydrogen-bond donors (Lipinski definition) is 0. The summed E-state index contributed by atoms with van der Waals surface area (Å²) in [6, 6.07) is 52.3. The van der Waals surface area contributed by atoms with Crippen LogP contribution in [0.1, 0.15) is 0 Å². The predicted molar refractivity (Wildman–Crippen MR) is 199 cm³/mol. The second-order valence-corrected chi connectivity index (χ2v) is 12.2. The van der Waals surface area contributed by atoms with Gasteiger partial charge in [-0.15, -0.1) is 0 Å². The Labute approximate surface area is 281 Å². The molecule has 0 N–H and O–H groups in total. The van der Waals surface area contributed by atoms with Crippen LogP contribution in [0, 0.1) is 0 Å². The molecule has 0 bridgehead atoms. The number of benzene rings is 7. The van der Waals surface area contributed by atoms with Gasteiger partial charge in [0.05, 0.1) is 5.39 Å². The number of para-hydroxylation sites is 1. The highest BCUT2D eigenvalue weighted by Crippen LogP contribution is 2.43. The number of aromatic nitrogens is 4. The Bertz CT molecular complexity index is 2820. The van der Waals surface area contributed by atoms with Gasteiger partial charge < -0.3 is 4.42 Å². The van der Waals surface area contributed by atoms with Crippen molar-refractivity contribution in [1.82, 2.24) is 19.9 Å². The third kappa shape index (κ3) is 4.40. The van der Waals surface area contributed by atoms with Crippen molar-refractivity contribution in [2.24, 2.45) is 0 Å². The van der Waals surface area contributed by atoms with Gasteiger partial charge in [0.15, 0.2) is 17.5 Å². The maximum absolute atomic E-state index is 6.70. The van der Waals surface area contributed by atoms with Crippen molar-refractivity contribution in [2.45, 2.75) is 0 Å². The molecule has 0 fully saturated rings. The molecule has 7 aromatic carbocycles. The van der Waals surface area contributed by atoms with Gasteiger partial charge in [0.2, 0.25) is 5.71 Å². The maximum Gasteiger partial charge on any atom is 0.228 e. The molecule has 3 heterocycles. The third-order valence-corrected chi connectivity index (χ3v) is 9.40. The lowest BCUT2D eigenvalue weighted by atomic mass is 9.90. The SMILES string of the molecule is c1ccc(-c2nc(-c3ccccc3)nc(-c3ccnc4oc5c(-c6cc7c8ccccc8ccc7c7ccccc67)cccc5c34)n2)cc1. The highest BCUT2D eigenvalue weighted by Gasteiger charge is 2.21. The highest BCUT2D eigenvalue weighted by molar-refractivity contribution is 6.23. The average molecular weight is 627 g/mol. The van der Waals surface area contributed by atoms with Gasteiger partial charge >= 0.3 is 0 Å². The molecule has 5 nitrogen and oxygen atoms in total. The Balaban J connectivity index is 1.24. The highest BCUT2D eigenvalue weighted by atomic mass is 16.3. The maximum atomic E-state index is 6.70. The Morgan fingerprint density at radius 3 is 1.76 bits per heavy atom. The van der Waals surface area contributed by atoms with E-state index in [9.17, 15) is 0 Å². The van der Waals surface area contributed by atoms with Crippen molar-refractivity contribution in [3.05, 3.63) is 158 Å². The fraction of sp³-hybridized carbons (Fsp3) is 0. The van der Waals surface area contributed by atoms with Gasteiger partial charge in [-0.1, -0.05) is 140 Å². The summed E-state index contributed by atoms with van der Waals surface area (Å²) < 4.78 is 6.70. The van der Waals surface area contributed by atoms with E-state index in [1.807, 2.05) is 66.7 Å². The first-order valence-corrected chi connectivity index (χ1v) is 16.3. The van der Waals surface area contributed by atoms with E-state index in [0.717, 1.165) is 44.2 Å². The van der Waals surface area contributed by atoms with Crippen molar-refractivity contribution >= 4 is 54.4 Å². The van der Waals surface area contributed by atoms with Crippen LogP contribution in [-0.4, -0.2) is 19.9 Å². The summed E-state index contributed by atoms with van der Waals surface area (Å²) in [5.74, 6) is 1.78. The van der Waals surface area contributed by atoms with E-state index < -0.39 is 0 Å². The molecular formula is C44H26N4O. The Hall–Kier alpha value is -6.72. The zero-order valence-corrected chi connectivity index (χ0v) is 26.2. The van der Waals surface area contributed by atoms with Crippen LogP contribution >= 0.6 is 0 Å². The standard InChI is InChI=1S/C44H26N4O/c1-3-13-28(14-4-1)41-46-42(29-15-5-2-6-16-29)48-43(47-41)36-24-25-45-44-39(36)35-21-11-20-34(40(35)49-44)38-26-37-30-17-8-7-12-27(30)22-23-33(37)31-18-9-10-19-32(31)38/h1-26H. The van der Waals surface area contributed by atoms with Crippen LogP contribution in [-0.2, 0) is 0 Å². The molecule has 0 atom stereocenters. The minimum Gasteiger partial charge on any atom is -0.437 e. The number of rotatable bonds is 4. The monoisotopic (exact) mass is 626 g/mol. The molecule has 0 amide bonds. The van der Waals surface area contributed by atoms with Crippen LogP contribution in [0.2, 0.25) is 0 Å². The first kappa shape index (κ1) is 27.4. The molecule has 0 saturated carbocycles. The minimum atomic E-state index is 0.540. The summed E-state index contributed by atoms with van der Waals surface area (Å²) >= 11 is 0. The van der Waals surface area contributed by atoms with Crippen molar-refractivity contribution in [3.8, 4) is 45.3 Å². The van der Waals surface area contributed by atoms with Gasteiger partial charge in [-0.3, -0.25) is 0 Å². The summed E-state index contributed by atoms with van der Waals surface area (Å²) in [6.07, 6.45) is 1.77. The molecule has 0 radical (unpaired) electrons. The Morgan fingerprint density at radius 1 is 0.388 bits per heavy atom. The zero-order chi connectivity index (χ0) is 32.3. The summed E-state index contributed by atoms with van der Waals surface area (Å²) in [5.41, 5.74) is 6.13. The van der Waals surface area contributed by atoms with Crippen LogP contribution in [0.15, 0.2) is 162 Å². The second kappa shape index (κ2) is 10.9. The lowest BCUT2D eigenvalue weighted by Gasteiger charge is -2.13. The summed E-state index contributed by atoms with van der Waals surface area (Å²) in [6.45, 7) is 0. The van der Waals surface area contributed by atoms with Gasteiger partial charge in [0, 0.05) is 33.8 Å². The number of furan rings is 1. The molecule has 10 rings (SSSR count). The van der Waals surface area contributed by atoms with Crippen molar-refractivity contribution < 1.29 is 4.42 Å². The van der Waals surface area contributed by atoms with E-state index in [2.05, 4.69) is 84.9 Å². The van der Waals surface area contributed by atoms with Crippen molar-refractivity contribution in [1.29, 1.82) is 0 Å². The minimum absolute atomic E-state index is 0.540. The van der Waals surface area contributed by atoms with Gasteiger partial charge in [-0.2, -0.15) is 0 Å². The van der Waals surface area contributed by atoms with Gasteiger partial charge in [0.1, 0.15) is 5.58 Å². The molecule has 0 unspecified atom stereocenters. The molecule has 228 valence electrons. The molecule has 0 aliphatic heterocycles. The van der Waals surface area contributed by atoms with Gasteiger partial charge in [-0.25, -0.2) is 19.9 Å². The lowest BCUT2D eigenvalue weighted by molar-refractivity contribution is 0.655. The predicted octanol–water partition coefficient (Wildman–Crippen LogP) is 11.3. The van der Waals surface area contributed by atoms with E-state index in [1.165, 1.54) is 32.3 Å². The summed E-state index contributed by atoms with van der Waals surface area (Å²) in [7, 11) is 0. The van der Waals surface area contributed by atoms with Crippen LogP contribution in [0.5, 0.6) is 0 Å². The number of fused-ring (bicyclic) bond motifs is 8. The molecular weight excluding hydrogens is 601 g/mol. The lowest BCUT2D eigenvalue weighted by Crippen LogP contribution is -2.00. The van der Waals surface area contributed by atoms with E-state index in [0.29, 0.717) is 23.2 Å². The number of nitrogens with zero attached hydrogens (tertiary/aromatic N) is 4. The Kier molecular flexibility index (Phi) is 6.11. The van der Waals surface area contributed by atoms with Crippen molar-refractivity contribution in [2.75, 3.05) is 0 Å². The van der Waals surface area contributed by atoms with Crippen LogP contribution in [0.25, 0.3) is 99.7 Å². The zero-order valence-electron chi connectivity index (χ0n) is 26.2. The third-order valence-electron chi connectivity index (χ3n) is 9.40. The fourth-order valence-electron chi connectivity index (χ4n) is 7.13. The second-order valence-electron chi connectivity index (χ2n) is 12.2. The Morgan fingerprint density at radius 2 is 1.00 bits per heavy atom. The molecule has 5 heteroatoms. The molecule has 0 spiro atoms. The van der Waals surface area contributed by atoms with E-state index in [4.69, 9.17) is 24.4 Å². The topological polar surface area (TPSA) is 64.7 Å². The fourth-order valence-corrected chi connectivity index (χ4v) is 7.13. The van der Waals surface area contributed by atoms with Gasteiger partial charge in [-0.05, 0) is 50.0 Å². The summed E-state index contributed by atoms with van der Waals surface area (Å²) in [4.78, 5) is 19.7. The molecule has 3 aromatic heterocycles. The molecule has 0 aliphatic rings. The smallest absolute Gasteiger partial charge is 0.228 e. The van der Waals surface area contributed by atoms with Crippen LogP contribution in [0.4, 0.5) is 0 Å². The van der Waals surface area contributed by atoms with Crippen molar-refractivity contribution in [3.63, 3.8) is 0 Å².